The van der Waals surface area contributed by atoms with E-state index in [4.69, 9.17) is 4.74 Å². The third kappa shape index (κ3) is 4.95. The summed E-state index contributed by atoms with van der Waals surface area (Å²) >= 11 is 0. The lowest BCUT2D eigenvalue weighted by atomic mass is 10.1. The SMILES string of the molecule is COc1ccc(CN2CCN(c3cc(C)nc4c(-c5ccc(F)cc5)c(C(F)(F)F)nn34)CC2)cc1F. The number of alkyl halides is 3. The molecule has 2 aromatic carbocycles. The molecule has 0 unspecified atom stereocenters. The number of anilines is 1. The topological polar surface area (TPSA) is 45.9 Å². The zero-order valence-corrected chi connectivity index (χ0v) is 20.2. The van der Waals surface area contributed by atoms with Crippen molar-refractivity contribution in [2.24, 2.45) is 0 Å². The van der Waals surface area contributed by atoms with Crippen LogP contribution in [0.15, 0.2) is 48.5 Å². The van der Waals surface area contributed by atoms with Gasteiger partial charge in [-0.3, -0.25) is 4.90 Å². The summed E-state index contributed by atoms with van der Waals surface area (Å²) in [6.45, 7) is 4.55. The van der Waals surface area contributed by atoms with Gasteiger partial charge in [-0.05, 0) is 42.3 Å². The number of aromatic nitrogens is 3. The fourth-order valence-electron chi connectivity index (χ4n) is 4.63. The maximum atomic E-state index is 14.1. The molecule has 2 aromatic heterocycles. The van der Waals surface area contributed by atoms with Gasteiger partial charge in [-0.15, -0.1) is 0 Å². The Labute approximate surface area is 209 Å². The van der Waals surface area contributed by atoms with E-state index in [-0.39, 0.29) is 22.5 Å². The lowest BCUT2D eigenvalue weighted by molar-refractivity contribution is -0.140. The van der Waals surface area contributed by atoms with Gasteiger partial charge in [0, 0.05) is 44.5 Å². The molecule has 4 aromatic rings. The van der Waals surface area contributed by atoms with Crippen LogP contribution in [0, 0.1) is 18.6 Å². The van der Waals surface area contributed by atoms with E-state index in [2.05, 4.69) is 15.0 Å². The third-order valence-electron chi connectivity index (χ3n) is 6.42. The fraction of sp³-hybridized carbons (Fsp3) is 0.308. The molecule has 0 bridgehead atoms. The molecule has 1 aliphatic heterocycles. The highest BCUT2D eigenvalue weighted by atomic mass is 19.4. The molecule has 6 nitrogen and oxygen atoms in total. The van der Waals surface area contributed by atoms with Crippen LogP contribution in [0.25, 0.3) is 16.8 Å². The second kappa shape index (κ2) is 9.62. The zero-order chi connectivity index (χ0) is 26.3. The van der Waals surface area contributed by atoms with E-state index in [1.807, 2.05) is 11.0 Å². The van der Waals surface area contributed by atoms with Gasteiger partial charge in [0.05, 0.1) is 12.7 Å². The molecular formula is C26H24F5N5O. The smallest absolute Gasteiger partial charge is 0.435 e. The van der Waals surface area contributed by atoms with Gasteiger partial charge in [-0.2, -0.15) is 22.8 Å². The van der Waals surface area contributed by atoms with Crippen molar-refractivity contribution in [1.29, 1.82) is 0 Å². The van der Waals surface area contributed by atoms with Crippen molar-refractivity contribution < 1.29 is 26.7 Å². The van der Waals surface area contributed by atoms with Gasteiger partial charge in [-0.1, -0.05) is 18.2 Å². The van der Waals surface area contributed by atoms with E-state index in [0.29, 0.717) is 44.2 Å². The van der Waals surface area contributed by atoms with Crippen LogP contribution >= 0.6 is 0 Å². The summed E-state index contributed by atoms with van der Waals surface area (Å²) in [5, 5.41) is 3.94. The number of methoxy groups -OCH3 is 1. The summed E-state index contributed by atoms with van der Waals surface area (Å²) in [5.41, 5.74) is 0.334. The van der Waals surface area contributed by atoms with Crippen molar-refractivity contribution in [2.75, 3.05) is 38.2 Å². The molecule has 1 fully saturated rings. The van der Waals surface area contributed by atoms with Gasteiger partial charge >= 0.3 is 6.18 Å². The van der Waals surface area contributed by atoms with Crippen LogP contribution in [0.2, 0.25) is 0 Å². The maximum Gasteiger partial charge on any atom is 0.435 e. The molecule has 0 N–H and O–H groups in total. The predicted octanol–water partition coefficient (Wildman–Crippen LogP) is 5.33. The van der Waals surface area contributed by atoms with Gasteiger partial charge < -0.3 is 9.64 Å². The third-order valence-corrected chi connectivity index (χ3v) is 6.42. The Kier molecular flexibility index (Phi) is 6.49. The molecule has 194 valence electrons. The van der Waals surface area contributed by atoms with E-state index in [0.717, 1.165) is 17.7 Å². The zero-order valence-electron chi connectivity index (χ0n) is 20.2. The van der Waals surface area contributed by atoms with E-state index < -0.39 is 23.5 Å². The molecule has 0 saturated carbocycles. The molecule has 0 amide bonds. The fourth-order valence-corrected chi connectivity index (χ4v) is 4.63. The lowest BCUT2D eigenvalue weighted by Gasteiger charge is -2.36. The van der Waals surface area contributed by atoms with Crippen LogP contribution in [0.1, 0.15) is 17.0 Å². The number of rotatable bonds is 5. The highest BCUT2D eigenvalue weighted by Gasteiger charge is 2.39. The number of hydrogen-bond donors (Lipinski definition) is 0. The Balaban J connectivity index is 1.45. The first-order chi connectivity index (χ1) is 17.6. The molecule has 0 aliphatic carbocycles. The molecule has 0 spiro atoms. The standard InChI is InChI=1S/C26H24F5N5O/c1-16-13-22(35-11-9-34(10-12-35)15-17-3-8-21(37-2)20(28)14-17)36-25(32-16)23(24(33-36)26(29,30)31)18-4-6-19(27)7-5-18/h3-8,13-14H,9-12,15H2,1-2H3. The van der Waals surface area contributed by atoms with Gasteiger partial charge in [-0.25, -0.2) is 13.8 Å². The molecular weight excluding hydrogens is 493 g/mol. The average molecular weight is 518 g/mol. The van der Waals surface area contributed by atoms with E-state index >= 15 is 0 Å². The highest BCUT2D eigenvalue weighted by Crippen LogP contribution is 2.39. The largest absolute Gasteiger partial charge is 0.494 e. The summed E-state index contributed by atoms with van der Waals surface area (Å²) < 4.78 is 75.8. The van der Waals surface area contributed by atoms with Crippen molar-refractivity contribution in [3.63, 3.8) is 0 Å². The van der Waals surface area contributed by atoms with Gasteiger partial charge in [0.15, 0.2) is 22.9 Å². The summed E-state index contributed by atoms with van der Waals surface area (Å²) in [5.74, 6) is -0.294. The first kappa shape index (κ1) is 24.9. The first-order valence-electron chi connectivity index (χ1n) is 11.7. The van der Waals surface area contributed by atoms with Crippen LogP contribution in [-0.4, -0.2) is 52.8 Å². The van der Waals surface area contributed by atoms with E-state index in [9.17, 15) is 22.0 Å². The number of fused-ring (bicyclic) bond motifs is 1. The predicted molar refractivity (Wildman–Crippen MR) is 129 cm³/mol. The quantitative estimate of drug-likeness (QED) is 0.335. The maximum absolute atomic E-state index is 14.1. The summed E-state index contributed by atoms with van der Waals surface area (Å²) in [6.07, 6.45) is -4.73. The van der Waals surface area contributed by atoms with Crippen LogP contribution in [0.5, 0.6) is 5.75 Å². The minimum atomic E-state index is -4.73. The second-order valence-corrected chi connectivity index (χ2v) is 8.95. The average Bonchev–Trinajstić information content (AvgIpc) is 3.25. The number of nitrogens with zero attached hydrogens (tertiary/aromatic N) is 5. The van der Waals surface area contributed by atoms with Crippen LogP contribution in [-0.2, 0) is 12.7 Å². The van der Waals surface area contributed by atoms with E-state index in [1.54, 1.807) is 19.1 Å². The van der Waals surface area contributed by atoms with Crippen LogP contribution in [0.3, 0.4) is 0 Å². The number of benzene rings is 2. The minimum Gasteiger partial charge on any atom is -0.494 e. The second-order valence-electron chi connectivity index (χ2n) is 8.95. The van der Waals surface area contributed by atoms with Crippen LogP contribution in [0.4, 0.5) is 27.8 Å². The van der Waals surface area contributed by atoms with Crippen LogP contribution < -0.4 is 9.64 Å². The van der Waals surface area contributed by atoms with Crippen molar-refractivity contribution >= 4 is 11.5 Å². The molecule has 5 rings (SSSR count). The Morgan fingerprint density at radius 3 is 2.27 bits per heavy atom. The number of halogens is 5. The first-order valence-corrected chi connectivity index (χ1v) is 11.7. The Bertz CT molecular complexity index is 1430. The monoisotopic (exact) mass is 517 g/mol. The Hall–Kier alpha value is -3.73. The Morgan fingerprint density at radius 2 is 1.65 bits per heavy atom. The van der Waals surface area contributed by atoms with Gasteiger partial charge in [0.1, 0.15) is 11.6 Å². The number of piperazine rings is 1. The molecule has 0 atom stereocenters. The molecule has 37 heavy (non-hydrogen) atoms. The summed E-state index contributed by atoms with van der Waals surface area (Å²) in [6, 6.07) is 11.4. The normalized spacial score (nSPS) is 14.9. The molecule has 0 radical (unpaired) electrons. The van der Waals surface area contributed by atoms with E-state index in [1.165, 1.54) is 29.8 Å². The highest BCUT2D eigenvalue weighted by molar-refractivity contribution is 5.81. The van der Waals surface area contributed by atoms with Gasteiger partial charge in [0.25, 0.3) is 0 Å². The van der Waals surface area contributed by atoms with Crippen molar-refractivity contribution in [2.45, 2.75) is 19.6 Å². The number of ether oxygens (including phenoxy) is 1. The Morgan fingerprint density at radius 1 is 0.946 bits per heavy atom. The number of hydrogen-bond acceptors (Lipinski definition) is 5. The minimum absolute atomic E-state index is 0.0603. The molecule has 1 aliphatic rings. The lowest BCUT2D eigenvalue weighted by Crippen LogP contribution is -2.46. The molecule has 11 heteroatoms. The summed E-state index contributed by atoms with van der Waals surface area (Å²) in [4.78, 5) is 8.50. The molecule has 3 heterocycles. The molecule has 1 saturated heterocycles. The van der Waals surface area contributed by atoms with Crippen molar-refractivity contribution in [1.82, 2.24) is 19.5 Å². The summed E-state index contributed by atoms with van der Waals surface area (Å²) in [7, 11) is 1.41. The van der Waals surface area contributed by atoms with Gasteiger partial charge in [0.2, 0.25) is 0 Å². The van der Waals surface area contributed by atoms with Crippen molar-refractivity contribution in [3.8, 4) is 16.9 Å². The number of aryl methyl sites for hydroxylation is 1. The van der Waals surface area contributed by atoms with Crippen molar-refractivity contribution in [3.05, 3.63) is 77.1 Å².